The summed E-state index contributed by atoms with van der Waals surface area (Å²) < 4.78 is 0. The number of phenolic OH excluding ortho intramolecular Hbond substituents is 1. The molecule has 19 heavy (non-hydrogen) atoms. The molecule has 0 spiro atoms. The lowest BCUT2D eigenvalue weighted by Crippen LogP contribution is -2.06. The Kier molecular flexibility index (Phi) is 3.16. The van der Waals surface area contributed by atoms with Crippen molar-refractivity contribution in [3.05, 3.63) is 59.2 Å². The van der Waals surface area contributed by atoms with Crippen LogP contribution < -0.4 is 5.32 Å². The zero-order valence-corrected chi connectivity index (χ0v) is 11.2. The molecule has 0 aromatic heterocycles. The maximum atomic E-state index is 9.29. The van der Waals surface area contributed by atoms with Crippen molar-refractivity contribution >= 4 is 5.69 Å². The third-order valence-electron chi connectivity index (χ3n) is 3.87. The van der Waals surface area contributed by atoms with Gasteiger partial charge in [-0.25, -0.2) is 0 Å². The van der Waals surface area contributed by atoms with Crippen LogP contribution in [0.15, 0.2) is 42.5 Å². The Bertz CT molecular complexity index is 574. The molecule has 0 heterocycles. The molecule has 98 valence electrons. The second kappa shape index (κ2) is 4.96. The monoisotopic (exact) mass is 253 g/mol. The van der Waals surface area contributed by atoms with Crippen molar-refractivity contribution < 1.29 is 5.11 Å². The number of hydrogen-bond donors (Lipinski definition) is 2. The lowest BCUT2D eigenvalue weighted by atomic mass is 10.0. The van der Waals surface area contributed by atoms with E-state index in [1.54, 1.807) is 12.1 Å². The fourth-order valence-corrected chi connectivity index (χ4v) is 2.75. The van der Waals surface area contributed by atoms with Gasteiger partial charge in [0.25, 0.3) is 0 Å². The van der Waals surface area contributed by atoms with Gasteiger partial charge in [0.2, 0.25) is 0 Å². The van der Waals surface area contributed by atoms with Gasteiger partial charge < -0.3 is 10.4 Å². The van der Waals surface area contributed by atoms with E-state index in [2.05, 4.69) is 30.4 Å². The van der Waals surface area contributed by atoms with E-state index in [4.69, 9.17) is 0 Å². The zero-order valence-electron chi connectivity index (χ0n) is 11.2. The summed E-state index contributed by atoms with van der Waals surface area (Å²) in [5.41, 5.74) is 5.39. The number of fused-ring (bicyclic) bond motifs is 1. The maximum Gasteiger partial charge on any atom is 0.115 e. The van der Waals surface area contributed by atoms with Crippen molar-refractivity contribution in [1.29, 1.82) is 0 Å². The summed E-state index contributed by atoms with van der Waals surface area (Å²) in [7, 11) is 0. The fraction of sp³-hybridized carbons (Fsp3) is 0.294. The summed E-state index contributed by atoms with van der Waals surface area (Å²) in [6, 6.07) is 14.3. The molecule has 0 fully saturated rings. The van der Waals surface area contributed by atoms with Gasteiger partial charge in [-0.05, 0) is 67.1 Å². The van der Waals surface area contributed by atoms with E-state index in [9.17, 15) is 5.11 Å². The van der Waals surface area contributed by atoms with Crippen LogP contribution in [0.2, 0.25) is 0 Å². The van der Waals surface area contributed by atoms with E-state index in [-0.39, 0.29) is 6.04 Å². The molecule has 0 bridgehead atoms. The van der Waals surface area contributed by atoms with Crippen molar-refractivity contribution in [3.63, 3.8) is 0 Å². The third kappa shape index (κ3) is 2.58. The molecule has 0 saturated heterocycles. The van der Waals surface area contributed by atoms with Crippen LogP contribution in [0.25, 0.3) is 0 Å². The molecule has 2 aromatic rings. The first-order valence-electron chi connectivity index (χ1n) is 6.89. The van der Waals surface area contributed by atoms with Crippen molar-refractivity contribution in [2.45, 2.75) is 32.2 Å². The van der Waals surface area contributed by atoms with Gasteiger partial charge in [-0.1, -0.05) is 18.2 Å². The molecule has 2 heteroatoms. The molecule has 0 amide bonds. The SMILES string of the molecule is CC(Nc1ccc(O)cc1)c1ccc2c(c1)CCC2. The average Bonchev–Trinajstić information content (AvgIpc) is 2.88. The lowest BCUT2D eigenvalue weighted by Gasteiger charge is -2.17. The highest BCUT2D eigenvalue weighted by Crippen LogP contribution is 2.27. The third-order valence-corrected chi connectivity index (χ3v) is 3.87. The first-order valence-corrected chi connectivity index (χ1v) is 6.89. The number of phenols is 1. The van der Waals surface area contributed by atoms with Gasteiger partial charge in [0.1, 0.15) is 5.75 Å². The van der Waals surface area contributed by atoms with E-state index in [0.29, 0.717) is 5.75 Å². The maximum absolute atomic E-state index is 9.29. The number of anilines is 1. The Hall–Kier alpha value is -1.96. The number of benzene rings is 2. The molecular weight excluding hydrogens is 234 g/mol. The van der Waals surface area contributed by atoms with Crippen molar-refractivity contribution in [2.24, 2.45) is 0 Å². The molecule has 2 N–H and O–H groups in total. The van der Waals surface area contributed by atoms with Gasteiger partial charge in [-0.2, -0.15) is 0 Å². The second-order valence-corrected chi connectivity index (χ2v) is 5.29. The minimum Gasteiger partial charge on any atom is -0.508 e. The molecule has 1 aliphatic carbocycles. The van der Waals surface area contributed by atoms with E-state index in [1.165, 1.54) is 36.0 Å². The molecule has 2 nitrogen and oxygen atoms in total. The Labute approximate surface area is 114 Å². The summed E-state index contributed by atoms with van der Waals surface area (Å²) in [5, 5.41) is 12.8. The second-order valence-electron chi connectivity index (χ2n) is 5.29. The summed E-state index contributed by atoms with van der Waals surface area (Å²) >= 11 is 0. The Morgan fingerprint density at radius 2 is 1.74 bits per heavy atom. The van der Waals surface area contributed by atoms with Crippen LogP contribution in [-0.4, -0.2) is 5.11 Å². The van der Waals surface area contributed by atoms with Crippen LogP contribution >= 0.6 is 0 Å². The number of hydrogen-bond acceptors (Lipinski definition) is 2. The van der Waals surface area contributed by atoms with E-state index < -0.39 is 0 Å². The molecule has 0 saturated carbocycles. The van der Waals surface area contributed by atoms with E-state index in [0.717, 1.165) is 5.69 Å². The van der Waals surface area contributed by atoms with Crippen LogP contribution in [0.1, 0.15) is 36.1 Å². The quantitative estimate of drug-likeness (QED) is 0.809. The molecule has 1 atom stereocenters. The number of rotatable bonds is 3. The normalized spacial score (nSPS) is 15.0. The summed E-state index contributed by atoms with van der Waals surface area (Å²) in [5.74, 6) is 0.302. The average molecular weight is 253 g/mol. The van der Waals surface area contributed by atoms with Crippen LogP contribution in [0.5, 0.6) is 5.75 Å². The minimum atomic E-state index is 0.274. The van der Waals surface area contributed by atoms with Crippen molar-refractivity contribution in [3.8, 4) is 5.75 Å². The van der Waals surface area contributed by atoms with Crippen LogP contribution in [-0.2, 0) is 12.8 Å². The molecule has 1 aliphatic rings. The highest BCUT2D eigenvalue weighted by atomic mass is 16.3. The predicted octanol–water partition coefficient (Wildman–Crippen LogP) is 4.05. The standard InChI is InChI=1S/C17H19NO/c1-12(18-16-7-9-17(19)10-8-16)14-6-5-13-3-2-4-15(13)11-14/h5-12,18-19H,2-4H2,1H3. The largest absolute Gasteiger partial charge is 0.508 e. The van der Waals surface area contributed by atoms with Gasteiger partial charge in [0.15, 0.2) is 0 Å². The lowest BCUT2D eigenvalue weighted by molar-refractivity contribution is 0.475. The number of aromatic hydroxyl groups is 1. The Morgan fingerprint density at radius 3 is 2.53 bits per heavy atom. The molecule has 3 rings (SSSR count). The van der Waals surface area contributed by atoms with Gasteiger partial charge in [-0.3, -0.25) is 0 Å². The van der Waals surface area contributed by atoms with Gasteiger partial charge >= 0.3 is 0 Å². The van der Waals surface area contributed by atoms with Crippen LogP contribution in [0, 0.1) is 0 Å². The van der Waals surface area contributed by atoms with E-state index in [1.807, 2.05) is 12.1 Å². The first kappa shape index (κ1) is 12.1. The highest BCUT2D eigenvalue weighted by molar-refractivity contribution is 5.48. The highest BCUT2D eigenvalue weighted by Gasteiger charge is 2.13. The smallest absolute Gasteiger partial charge is 0.115 e. The molecular formula is C17H19NO. The summed E-state index contributed by atoms with van der Waals surface area (Å²) in [4.78, 5) is 0. The molecule has 1 unspecified atom stereocenters. The first-order chi connectivity index (χ1) is 9.22. The van der Waals surface area contributed by atoms with Crippen LogP contribution in [0.4, 0.5) is 5.69 Å². The molecule has 0 aliphatic heterocycles. The number of nitrogens with one attached hydrogen (secondary N) is 1. The molecule has 0 radical (unpaired) electrons. The Morgan fingerprint density at radius 1 is 1.00 bits per heavy atom. The predicted molar refractivity (Wildman–Crippen MR) is 78.6 cm³/mol. The number of aryl methyl sites for hydroxylation is 2. The topological polar surface area (TPSA) is 32.3 Å². The van der Waals surface area contributed by atoms with Crippen LogP contribution in [0.3, 0.4) is 0 Å². The van der Waals surface area contributed by atoms with Crippen molar-refractivity contribution in [1.82, 2.24) is 0 Å². The summed E-state index contributed by atoms with van der Waals surface area (Å²) in [6.45, 7) is 2.17. The molecule has 2 aromatic carbocycles. The zero-order chi connectivity index (χ0) is 13.2. The van der Waals surface area contributed by atoms with Gasteiger partial charge in [-0.15, -0.1) is 0 Å². The van der Waals surface area contributed by atoms with Gasteiger partial charge in [0, 0.05) is 11.7 Å². The van der Waals surface area contributed by atoms with Gasteiger partial charge in [0.05, 0.1) is 0 Å². The van der Waals surface area contributed by atoms with E-state index >= 15 is 0 Å². The van der Waals surface area contributed by atoms with Crippen molar-refractivity contribution in [2.75, 3.05) is 5.32 Å². The fourth-order valence-electron chi connectivity index (χ4n) is 2.75. The Balaban J connectivity index is 1.76. The summed E-state index contributed by atoms with van der Waals surface area (Å²) in [6.07, 6.45) is 3.74. The minimum absolute atomic E-state index is 0.274.